The first-order valence-corrected chi connectivity index (χ1v) is 4.01. The molecular weight excluding hydrogens is 176 g/mol. The lowest BCUT2D eigenvalue weighted by atomic mass is 10.0. The summed E-state index contributed by atoms with van der Waals surface area (Å²) in [5.41, 5.74) is 4.73. The first-order chi connectivity index (χ1) is 6.04. The number of nitrogens with two attached hydrogens (primary N) is 1. The maximum Gasteiger partial charge on any atom is 0.165 e. The molecule has 2 nitrogen and oxygen atoms in total. The SMILES string of the molecule is NC1(c2c(F)ccc(F)c2O)CC1. The molecule has 1 fully saturated rings. The van der Waals surface area contributed by atoms with Crippen LogP contribution in [0, 0.1) is 11.6 Å². The van der Waals surface area contributed by atoms with E-state index >= 15 is 0 Å². The van der Waals surface area contributed by atoms with Gasteiger partial charge in [0, 0.05) is 5.54 Å². The molecule has 0 aliphatic heterocycles. The Hall–Kier alpha value is -1.16. The van der Waals surface area contributed by atoms with Crippen LogP contribution in [-0.2, 0) is 5.54 Å². The molecular formula is C9H9F2NO. The van der Waals surface area contributed by atoms with E-state index in [9.17, 15) is 13.9 Å². The highest BCUT2D eigenvalue weighted by Crippen LogP contribution is 2.47. The van der Waals surface area contributed by atoms with Gasteiger partial charge in [0.25, 0.3) is 0 Å². The Morgan fingerprint density at radius 3 is 2.31 bits per heavy atom. The lowest BCUT2D eigenvalue weighted by molar-refractivity contribution is 0.408. The van der Waals surface area contributed by atoms with E-state index in [1.54, 1.807) is 0 Å². The summed E-state index contributed by atoms with van der Waals surface area (Å²) >= 11 is 0. The van der Waals surface area contributed by atoms with Gasteiger partial charge in [-0.3, -0.25) is 0 Å². The molecule has 0 atom stereocenters. The van der Waals surface area contributed by atoms with Crippen molar-refractivity contribution in [2.45, 2.75) is 18.4 Å². The van der Waals surface area contributed by atoms with Gasteiger partial charge in [-0.05, 0) is 25.0 Å². The van der Waals surface area contributed by atoms with Gasteiger partial charge in [0.2, 0.25) is 0 Å². The maximum atomic E-state index is 13.2. The normalized spacial score (nSPS) is 18.7. The summed E-state index contributed by atoms with van der Waals surface area (Å²) in [6, 6.07) is 1.87. The quantitative estimate of drug-likeness (QED) is 0.698. The standard InChI is InChI=1S/C9H9F2NO/c10-5-1-2-6(11)8(13)7(5)9(12)3-4-9/h1-2,13H,3-4,12H2. The summed E-state index contributed by atoms with van der Waals surface area (Å²) in [6.45, 7) is 0. The summed E-state index contributed by atoms with van der Waals surface area (Å²) in [6.07, 6.45) is 1.17. The van der Waals surface area contributed by atoms with Gasteiger partial charge in [-0.15, -0.1) is 0 Å². The number of hydrogen-bond donors (Lipinski definition) is 2. The molecule has 0 amide bonds. The molecule has 13 heavy (non-hydrogen) atoms. The largest absolute Gasteiger partial charge is 0.505 e. The van der Waals surface area contributed by atoms with Crippen molar-refractivity contribution in [3.05, 3.63) is 29.3 Å². The van der Waals surface area contributed by atoms with Gasteiger partial charge >= 0.3 is 0 Å². The van der Waals surface area contributed by atoms with E-state index in [1.807, 2.05) is 0 Å². The fourth-order valence-corrected chi connectivity index (χ4v) is 1.40. The topological polar surface area (TPSA) is 46.2 Å². The summed E-state index contributed by atoms with van der Waals surface area (Å²) < 4.78 is 26.0. The first-order valence-electron chi connectivity index (χ1n) is 4.01. The first kappa shape index (κ1) is 8.44. The van der Waals surface area contributed by atoms with E-state index < -0.39 is 22.9 Å². The zero-order valence-electron chi connectivity index (χ0n) is 6.85. The molecule has 1 aliphatic carbocycles. The Bertz CT molecular complexity index is 361. The highest BCUT2D eigenvalue weighted by Gasteiger charge is 2.44. The van der Waals surface area contributed by atoms with Crippen LogP contribution in [0.25, 0.3) is 0 Å². The van der Waals surface area contributed by atoms with Crippen LogP contribution in [0.2, 0.25) is 0 Å². The molecule has 0 heterocycles. The minimum atomic E-state index is -0.851. The Kier molecular flexibility index (Phi) is 1.57. The predicted molar refractivity (Wildman–Crippen MR) is 43.1 cm³/mol. The number of halogens is 2. The van der Waals surface area contributed by atoms with Crippen LogP contribution in [-0.4, -0.2) is 5.11 Å². The number of hydrogen-bond acceptors (Lipinski definition) is 2. The average molecular weight is 185 g/mol. The predicted octanol–water partition coefficient (Wildman–Crippen LogP) is 1.62. The van der Waals surface area contributed by atoms with Gasteiger partial charge in [0.15, 0.2) is 11.6 Å². The van der Waals surface area contributed by atoms with Gasteiger partial charge in [-0.1, -0.05) is 0 Å². The molecule has 0 spiro atoms. The zero-order valence-corrected chi connectivity index (χ0v) is 6.85. The van der Waals surface area contributed by atoms with Crippen LogP contribution in [0.1, 0.15) is 18.4 Å². The van der Waals surface area contributed by atoms with Crippen LogP contribution in [0.3, 0.4) is 0 Å². The third-order valence-electron chi connectivity index (χ3n) is 2.36. The van der Waals surface area contributed by atoms with Gasteiger partial charge < -0.3 is 10.8 Å². The van der Waals surface area contributed by atoms with Crippen LogP contribution in [0.15, 0.2) is 12.1 Å². The van der Waals surface area contributed by atoms with Gasteiger partial charge in [-0.25, -0.2) is 8.78 Å². The van der Waals surface area contributed by atoms with Gasteiger partial charge in [0.1, 0.15) is 5.82 Å². The molecule has 0 aromatic heterocycles. The Morgan fingerprint density at radius 1 is 1.23 bits per heavy atom. The Labute approximate surface area is 74.0 Å². The van der Waals surface area contributed by atoms with Crippen LogP contribution < -0.4 is 5.73 Å². The van der Waals surface area contributed by atoms with E-state index in [-0.39, 0.29) is 5.56 Å². The summed E-state index contributed by atoms with van der Waals surface area (Å²) in [5, 5.41) is 9.26. The summed E-state index contributed by atoms with van der Waals surface area (Å²) in [4.78, 5) is 0. The minimum Gasteiger partial charge on any atom is -0.505 e. The highest BCUT2D eigenvalue weighted by molar-refractivity contribution is 5.43. The summed E-state index contributed by atoms with van der Waals surface area (Å²) in [7, 11) is 0. The van der Waals surface area contributed by atoms with E-state index in [1.165, 1.54) is 0 Å². The fourth-order valence-electron chi connectivity index (χ4n) is 1.40. The van der Waals surface area contributed by atoms with Crippen LogP contribution in [0.5, 0.6) is 5.75 Å². The van der Waals surface area contributed by atoms with Crippen molar-refractivity contribution >= 4 is 0 Å². The minimum absolute atomic E-state index is 0.0903. The number of benzene rings is 1. The molecule has 0 bridgehead atoms. The van der Waals surface area contributed by atoms with Crippen molar-refractivity contribution in [3.8, 4) is 5.75 Å². The molecule has 70 valence electrons. The second-order valence-electron chi connectivity index (χ2n) is 3.41. The molecule has 1 aromatic carbocycles. The van der Waals surface area contributed by atoms with Crippen molar-refractivity contribution in [1.82, 2.24) is 0 Å². The molecule has 0 unspecified atom stereocenters. The lowest BCUT2D eigenvalue weighted by Gasteiger charge is -2.12. The second-order valence-corrected chi connectivity index (χ2v) is 3.41. The average Bonchev–Trinajstić information content (AvgIpc) is 2.78. The number of phenolic OH excluding ortho intramolecular Hbond substituents is 1. The fraction of sp³-hybridized carbons (Fsp3) is 0.333. The molecule has 4 heteroatoms. The molecule has 3 N–H and O–H groups in total. The second kappa shape index (κ2) is 2.42. The van der Waals surface area contributed by atoms with Gasteiger partial charge in [-0.2, -0.15) is 0 Å². The van der Waals surface area contributed by atoms with Crippen molar-refractivity contribution < 1.29 is 13.9 Å². The van der Waals surface area contributed by atoms with E-state index in [4.69, 9.17) is 5.73 Å². The monoisotopic (exact) mass is 185 g/mol. The summed E-state index contributed by atoms with van der Waals surface area (Å²) in [5.74, 6) is -2.12. The lowest BCUT2D eigenvalue weighted by Crippen LogP contribution is -2.20. The van der Waals surface area contributed by atoms with Crippen LogP contribution in [0.4, 0.5) is 8.78 Å². The van der Waals surface area contributed by atoms with Crippen molar-refractivity contribution in [1.29, 1.82) is 0 Å². The van der Waals surface area contributed by atoms with Crippen molar-refractivity contribution in [3.63, 3.8) is 0 Å². The van der Waals surface area contributed by atoms with Crippen LogP contribution >= 0.6 is 0 Å². The Morgan fingerprint density at radius 2 is 1.77 bits per heavy atom. The molecule has 0 saturated heterocycles. The molecule has 0 radical (unpaired) electrons. The maximum absolute atomic E-state index is 13.2. The number of aromatic hydroxyl groups is 1. The van der Waals surface area contributed by atoms with E-state index in [0.29, 0.717) is 12.8 Å². The smallest absolute Gasteiger partial charge is 0.165 e. The molecule has 2 rings (SSSR count). The number of rotatable bonds is 1. The van der Waals surface area contributed by atoms with Crippen molar-refractivity contribution in [2.75, 3.05) is 0 Å². The molecule has 1 saturated carbocycles. The third-order valence-corrected chi connectivity index (χ3v) is 2.36. The van der Waals surface area contributed by atoms with E-state index in [0.717, 1.165) is 12.1 Å². The Balaban J connectivity index is 2.61. The van der Waals surface area contributed by atoms with Gasteiger partial charge in [0.05, 0.1) is 5.56 Å². The third kappa shape index (κ3) is 1.18. The molecule has 1 aliphatic rings. The van der Waals surface area contributed by atoms with E-state index in [2.05, 4.69) is 0 Å². The highest BCUT2D eigenvalue weighted by atomic mass is 19.1. The molecule has 1 aromatic rings. The number of phenols is 1. The zero-order chi connectivity index (χ0) is 9.64. The van der Waals surface area contributed by atoms with Crippen molar-refractivity contribution in [2.24, 2.45) is 5.73 Å².